The fourth-order valence-corrected chi connectivity index (χ4v) is 4.76. The maximum Gasteiger partial charge on any atom is 0.159 e. The molecule has 2 heterocycles. The van der Waals surface area contributed by atoms with Crippen molar-refractivity contribution in [3.05, 3.63) is 44.3 Å². The van der Waals surface area contributed by atoms with E-state index in [0.717, 1.165) is 39.8 Å². The standard InChI is InChI=1S/2C9H9NOS2/c2*1-2-11-7-5-3-4-6-8(7)13-9(12)10-6/h2*3-5H,2H2,1H3,(H,10,12). The summed E-state index contributed by atoms with van der Waals surface area (Å²) in [5, 5.41) is 0. The van der Waals surface area contributed by atoms with Crippen LogP contribution < -0.4 is 9.47 Å². The first-order chi connectivity index (χ1) is 12.6. The van der Waals surface area contributed by atoms with Crippen LogP contribution in [0.4, 0.5) is 0 Å². The predicted octanol–water partition coefficient (Wildman–Crippen LogP) is 6.72. The van der Waals surface area contributed by atoms with E-state index in [4.69, 9.17) is 33.9 Å². The highest BCUT2D eigenvalue weighted by molar-refractivity contribution is 7.74. The first-order valence-electron chi connectivity index (χ1n) is 8.11. The van der Waals surface area contributed by atoms with Crippen molar-refractivity contribution < 1.29 is 9.47 Å². The lowest BCUT2D eigenvalue weighted by molar-refractivity contribution is 0.344. The van der Waals surface area contributed by atoms with Gasteiger partial charge in [-0.3, -0.25) is 0 Å². The van der Waals surface area contributed by atoms with Crippen molar-refractivity contribution in [2.75, 3.05) is 13.2 Å². The summed E-state index contributed by atoms with van der Waals surface area (Å²) in [5.74, 6) is 1.83. The highest BCUT2D eigenvalue weighted by Crippen LogP contribution is 2.30. The van der Waals surface area contributed by atoms with E-state index >= 15 is 0 Å². The van der Waals surface area contributed by atoms with Crippen molar-refractivity contribution in [1.82, 2.24) is 9.97 Å². The molecule has 0 atom stereocenters. The summed E-state index contributed by atoms with van der Waals surface area (Å²) >= 11 is 13.2. The van der Waals surface area contributed by atoms with E-state index in [9.17, 15) is 0 Å². The van der Waals surface area contributed by atoms with Gasteiger partial charge in [0.05, 0.1) is 33.6 Å². The van der Waals surface area contributed by atoms with Crippen LogP contribution in [-0.2, 0) is 0 Å². The molecule has 0 amide bonds. The Morgan fingerprint density at radius 3 is 1.58 bits per heavy atom. The Morgan fingerprint density at radius 1 is 0.769 bits per heavy atom. The average Bonchev–Trinajstić information content (AvgIpc) is 3.18. The molecule has 0 bridgehead atoms. The summed E-state index contributed by atoms with van der Waals surface area (Å²) in [6, 6.07) is 11.9. The van der Waals surface area contributed by atoms with Gasteiger partial charge in [0.1, 0.15) is 11.5 Å². The van der Waals surface area contributed by atoms with Gasteiger partial charge in [0.2, 0.25) is 0 Å². The maximum absolute atomic E-state index is 5.48. The Bertz CT molecular complexity index is 1030. The Hall–Kier alpha value is -1.74. The summed E-state index contributed by atoms with van der Waals surface area (Å²) in [7, 11) is 0. The second kappa shape index (κ2) is 8.77. The lowest BCUT2D eigenvalue weighted by Gasteiger charge is -2.02. The molecule has 0 saturated heterocycles. The fraction of sp³-hybridized carbons (Fsp3) is 0.222. The molecule has 0 aliphatic carbocycles. The monoisotopic (exact) mass is 422 g/mol. The molecule has 0 spiro atoms. The van der Waals surface area contributed by atoms with Crippen molar-refractivity contribution in [3.63, 3.8) is 0 Å². The van der Waals surface area contributed by atoms with Crippen molar-refractivity contribution in [2.24, 2.45) is 0 Å². The highest BCUT2D eigenvalue weighted by Gasteiger charge is 2.04. The fourth-order valence-electron chi connectivity index (χ4n) is 2.43. The van der Waals surface area contributed by atoms with E-state index in [1.165, 1.54) is 0 Å². The summed E-state index contributed by atoms with van der Waals surface area (Å²) in [5.41, 5.74) is 2.11. The molecule has 136 valence electrons. The van der Waals surface area contributed by atoms with Crippen LogP contribution in [0, 0.1) is 7.91 Å². The van der Waals surface area contributed by atoms with E-state index in [2.05, 4.69) is 9.97 Å². The average molecular weight is 423 g/mol. The number of H-pyrrole nitrogens is 2. The van der Waals surface area contributed by atoms with Crippen LogP contribution in [0.5, 0.6) is 11.5 Å². The molecule has 8 heteroatoms. The molecule has 0 saturated carbocycles. The molecule has 0 radical (unpaired) electrons. The molecule has 0 aliphatic rings. The molecule has 0 unspecified atom stereocenters. The third-order valence-electron chi connectivity index (χ3n) is 3.42. The van der Waals surface area contributed by atoms with Crippen LogP contribution >= 0.6 is 47.1 Å². The van der Waals surface area contributed by atoms with E-state index in [1.54, 1.807) is 22.7 Å². The van der Waals surface area contributed by atoms with Gasteiger partial charge in [-0.25, -0.2) is 0 Å². The first-order valence-corrected chi connectivity index (χ1v) is 10.6. The third-order valence-corrected chi connectivity index (χ3v) is 5.95. The van der Waals surface area contributed by atoms with E-state index < -0.39 is 0 Å². The van der Waals surface area contributed by atoms with Crippen molar-refractivity contribution >= 4 is 67.5 Å². The molecule has 0 aliphatic heterocycles. The number of benzene rings is 2. The minimum Gasteiger partial charge on any atom is -0.492 e. The molecular weight excluding hydrogens is 404 g/mol. The van der Waals surface area contributed by atoms with Gasteiger partial charge in [-0.05, 0) is 62.5 Å². The number of aromatic nitrogens is 2. The van der Waals surface area contributed by atoms with Gasteiger partial charge in [-0.1, -0.05) is 12.1 Å². The van der Waals surface area contributed by atoms with Crippen LogP contribution in [-0.4, -0.2) is 23.2 Å². The second-order valence-corrected chi connectivity index (χ2v) is 8.54. The minimum atomic E-state index is 0.684. The molecule has 2 aromatic carbocycles. The number of rotatable bonds is 4. The molecule has 2 aromatic heterocycles. The lowest BCUT2D eigenvalue weighted by atomic mass is 10.3. The molecular formula is C18H18N2O2S4. The molecule has 4 rings (SSSR count). The second-order valence-electron chi connectivity index (χ2n) is 5.16. The SMILES string of the molecule is CCOc1cccc2[nH]c(=S)sc12.CCOc1cccc2[nH]c(=S)sc12. The smallest absolute Gasteiger partial charge is 0.159 e. The van der Waals surface area contributed by atoms with Crippen LogP contribution in [0.3, 0.4) is 0 Å². The van der Waals surface area contributed by atoms with Gasteiger partial charge >= 0.3 is 0 Å². The van der Waals surface area contributed by atoms with Gasteiger partial charge in [0.25, 0.3) is 0 Å². The molecule has 4 nitrogen and oxygen atoms in total. The van der Waals surface area contributed by atoms with Gasteiger partial charge < -0.3 is 19.4 Å². The molecule has 2 N–H and O–H groups in total. The first kappa shape index (κ1) is 19.0. The normalized spacial score (nSPS) is 10.5. The largest absolute Gasteiger partial charge is 0.492 e. The predicted molar refractivity (Wildman–Crippen MR) is 116 cm³/mol. The van der Waals surface area contributed by atoms with E-state index in [0.29, 0.717) is 13.2 Å². The Labute approximate surface area is 169 Å². The summed E-state index contributed by atoms with van der Waals surface area (Å²) < 4.78 is 14.8. The van der Waals surface area contributed by atoms with Crippen molar-refractivity contribution in [3.8, 4) is 11.5 Å². The van der Waals surface area contributed by atoms with Crippen LogP contribution in [0.1, 0.15) is 13.8 Å². The van der Waals surface area contributed by atoms with Gasteiger partial charge in [0, 0.05) is 0 Å². The number of thiazole rings is 2. The number of nitrogens with one attached hydrogen (secondary N) is 2. The number of aromatic amines is 2. The maximum atomic E-state index is 5.48. The Morgan fingerprint density at radius 2 is 1.19 bits per heavy atom. The molecule has 4 aromatic rings. The zero-order chi connectivity index (χ0) is 18.5. The Kier molecular flexibility index (Phi) is 6.42. The van der Waals surface area contributed by atoms with Gasteiger partial charge in [0.15, 0.2) is 7.91 Å². The lowest BCUT2D eigenvalue weighted by Crippen LogP contribution is -1.90. The van der Waals surface area contributed by atoms with Gasteiger partial charge in [-0.15, -0.1) is 22.7 Å². The van der Waals surface area contributed by atoms with Crippen molar-refractivity contribution in [1.29, 1.82) is 0 Å². The topological polar surface area (TPSA) is 50.0 Å². The third kappa shape index (κ3) is 4.32. The summed E-state index contributed by atoms with van der Waals surface area (Å²) in [6.07, 6.45) is 0. The number of hydrogen-bond donors (Lipinski definition) is 2. The molecule has 0 fully saturated rings. The summed E-state index contributed by atoms with van der Waals surface area (Å²) in [6.45, 7) is 5.32. The van der Waals surface area contributed by atoms with Gasteiger partial charge in [-0.2, -0.15) is 0 Å². The van der Waals surface area contributed by atoms with Crippen LogP contribution in [0.2, 0.25) is 0 Å². The quantitative estimate of drug-likeness (QED) is 0.359. The van der Waals surface area contributed by atoms with Crippen molar-refractivity contribution in [2.45, 2.75) is 13.8 Å². The number of ether oxygens (including phenoxy) is 2. The van der Waals surface area contributed by atoms with Crippen LogP contribution in [0.15, 0.2) is 36.4 Å². The van der Waals surface area contributed by atoms with E-state index in [-0.39, 0.29) is 0 Å². The zero-order valence-electron chi connectivity index (χ0n) is 14.3. The minimum absolute atomic E-state index is 0.684. The number of hydrogen-bond acceptors (Lipinski definition) is 6. The zero-order valence-corrected chi connectivity index (χ0v) is 17.6. The highest BCUT2D eigenvalue weighted by atomic mass is 32.2. The van der Waals surface area contributed by atoms with Crippen LogP contribution in [0.25, 0.3) is 20.4 Å². The summed E-state index contributed by atoms with van der Waals surface area (Å²) in [4.78, 5) is 6.22. The number of fused-ring (bicyclic) bond motifs is 2. The van der Waals surface area contributed by atoms with E-state index in [1.807, 2.05) is 50.2 Å². The molecule has 26 heavy (non-hydrogen) atoms. The Balaban J connectivity index is 0.000000151.